The Morgan fingerprint density at radius 3 is 2.17 bits per heavy atom. The lowest BCUT2D eigenvalue weighted by Crippen LogP contribution is -2.33. The molecule has 12 heavy (non-hydrogen) atoms. The van der Waals surface area contributed by atoms with E-state index in [1.807, 2.05) is 0 Å². The third kappa shape index (κ3) is 1.39. The molecule has 1 spiro atoms. The Hall–Kier alpha value is -0.0400. The lowest BCUT2D eigenvalue weighted by Gasteiger charge is -2.31. The Morgan fingerprint density at radius 2 is 1.67 bits per heavy atom. The predicted octanol–water partition coefficient (Wildman–Crippen LogP) is 2.71. The summed E-state index contributed by atoms with van der Waals surface area (Å²) in [6, 6.07) is 0.788. The molecule has 1 N–H and O–H groups in total. The van der Waals surface area contributed by atoms with Crippen LogP contribution in [0.4, 0.5) is 0 Å². The Kier molecular flexibility index (Phi) is 2.40. The minimum Gasteiger partial charge on any atom is -0.314 e. The van der Waals surface area contributed by atoms with Crippen molar-refractivity contribution in [3.63, 3.8) is 0 Å². The van der Waals surface area contributed by atoms with Crippen LogP contribution < -0.4 is 5.32 Å². The van der Waals surface area contributed by atoms with Gasteiger partial charge in [-0.2, -0.15) is 0 Å². The van der Waals surface area contributed by atoms with Gasteiger partial charge in [0.25, 0.3) is 0 Å². The Labute approximate surface area is 75.9 Å². The first kappa shape index (κ1) is 8.55. The quantitative estimate of drug-likeness (QED) is 0.585. The highest BCUT2D eigenvalue weighted by Crippen LogP contribution is 2.43. The second kappa shape index (κ2) is 3.37. The summed E-state index contributed by atoms with van der Waals surface area (Å²) in [6.07, 6.45) is 10.3. The van der Waals surface area contributed by atoms with Crippen LogP contribution in [-0.4, -0.2) is 12.6 Å². The van der Waals surface area contributed by atoms with E-state index in [2.05, 4.69) is 12.2 Å². The summed E-state index contributed by atoms with van der Waals surface area (Å²) in [5, 5.41) is 3.61. The first-order valence-electron chi connectivity index (χ1n) is 5.57. The summed E-state index contributed by atoms with van der Waals surface area (Å²) in [5.74, 6) is 0. The molecular weight excluding hydrogens is 146 g/mol. The molecule has 0 amide bonds. The summed E-state index contributed by atoms with van der Waals surface area (Å²) in [5.41, 5.74) is 0.705. The average Bonchev–Trinajstić information content (AvgIpc) is 2.33. The summed E-state index contributed by atoms with van der Waals surface area (Å²) >= 11 is 0. The van der Waals surface area contributed by atoms with Gasteiger partial charge in [0.15, 0.2) is 0 Å². The highest BCUT2D eigenvalue weighted by atomic mass is 15.0. The van der Waals surface area contributed by atoms with E-state index in [1.165, 1.54) is 51.5 Å². The minimum absolute atomic E-state index is 0.705. The van der Waals surface area contributed by atoms with E-state index in [9.17, 15) is 0 Å². The molecule has 2 fully saturated rings. The van der Waals surface area contributed by atoms with Crippen LogP contribution >= 0.6 is 0 Å². The van der Waals surface area contributed by atoms with Gasteiger partial charge in [-0.15, -0.1) is 0 Å². The van der Waals surface area contributed by atoms with E-state index >= 15 is 0 Å². The van der Waals surface area contributed by atoms with E-state index in [0.717, 1.165) is 6.04 Å². The molecule has 1 atom stereocenters. The smallest absolute Gasteiger partial charge is 0.00956 e. The molecule has 1 nitrogen and oxygen atoms in total. The van der Waals surface area contributed by atoms with Crippen molar-refractivity contribution >= 4 is 0 Å². The van der Waals surface area contributed by atoms with Gasteiger partial charge in [-0.25, -0.2) is 0 Å². The first-order valence-corrected chi connectivity index (χ1v) is 5.57. The molecule has 1 aliphatic carbocycles. The number of hydrogen-bond acceptors (Lipinski definition) is 1. The van der Waals surface area contributed by atoms with Gasteiger partial charge in [0.2, 0.25) is 0 Å². The number of nitrogens with one attached hydrogen (secondary N) is 1. The molecule has 0 aromatic rings. The molecule has 0 bridgehead atoms. The van der Waals surface area contributed by atoms with Crippen LogP contribution in [0.5, 0.6) is 0 Å². The van der Waals surface area contributed by atoms with Crippen LogP contribution in [0.25, 0.3) is 0 Å². The van der Waals surface area contributed by atoms with E-state index in [4.69, 9.17) is 0 Å². The van der Waals surface area contributed by atoms with Gasteiger partial charge in [0, 0.05) is 6.04 Å². The Balaban J connectivity index is 2.05. The van der Waals surface area contributed by atoms with Crippen molar-refractivity contribution in [1.82, 2.24) is 5.32 Å². The van der Waals surface area contributed by atoms with E-state index < -0.39 is 0 Å². The van der Waals surface area contributed by atoms with E-state index in [-0.39, 0.29) is 0 Å². The van der Waals surface area contributed by atoms with Crippen LogP contribution in [0.2, 0.25) is 0 Å². The molecule has 1 aliphatic heterocycles. The van der Waals surface area contributed by atoms with Crippen molar-refractivity contribution in [2.24, 2.45) is 5.41 Å². The average molecular weight is 167 g/mol. The summed E-state index contributed by atoms with van der Waals surface area (Å²) in [6.45, 7) is 3.65. The zero-order chi connectivity index (χ0) is 8.44. The molecule has 0 aromatic carbocycles. The van der Waals surface area contributed by atoms with Crippen LogP contribution in [0, 0.1) is 5.41 Å². The first-order chi connectivity index (χ1) is 5.83. The van der Waals surface area contributed by atoms with Crippen LogP contribution in [0.1, 0.15) is 51.9 Å². The van der Waals surface area contributed by atoms with Gasteiger partial charge < -0.3 is 5.32 Å². The van der Waals surface area contributed by atoms with Gasteiger partial charge in [0.1, 0.15) is 0 Å². The fourth-order valence-corrected chi connectivity index (χ4v) is 3.09. The van der Waals surface area contributed by atoms with Crippen LogP contribution in [0.15, 0.2) is 0 Å². The lowest BCUT2D eigenvalue weighted by molar-refractivity contribution is 0.222. The third-order valence-corrected chi connectivity index (χ3v) is 4.09. The van der Waals surface area contributed by atoms with Gasteiger partial charge in [0.05, 0.1) is 0 Å². The van der Waals surface area contributed by atoms with Crippen molar-refractivity contribution < 1.29 is 0 Å². The maximum atomic E-state index is 3.61. The highest BCUT2D eigenvalue weighted by Gasteiger charge is 2.39. The second-order valence-electron chi connectivity index (χ2n) is 4.70. The predicted molar refractivity (Wildman–Crippen MR) is 52.2 cm³/mol. The van der Waals surface area contributed by atoms with E-state index in [1.54, 1.807) is 0 Å². The largest absolute Gasteiger partial charge is 0.314 e. The zero-order valence-corrected chi connectivity index (χ0v) is 8.23. The maximum Gasteiger partial charge on any atom is 0.00956 e. The molecule has 1 saturated carbocycles. The number of hydrogen-bond donors (Lipinski definition) is 1. The molecule has 2 aliphatic rings. The van der Waals surface area contributed by atoms with Gasteiger partial charge >= 0.3 is 0 Å². The summed E-state index contributed by atoms with van der Waals surface area (Å²) < 4.78 is 0. The molecule has 70 valence electrons. The third-order valence-electron chi connectivity index (χ3n) is 4.09. The molecule has 0 radical (unpaired) electrons. The van der Waals surface area contributed by atoms with Gasteiger partial charge in [-0.3, -0.25) is 0 Å². The zero-order valence-electron chi connectivity index (χ0n) is 8.23. The molecule has 2 rings (SSSR count). The molecule has 1 heterocycles. The van der Waals surface area contributed by atoms with Crippen molar-refractivity contribution in [2.75, 3.05) is 6.54 Å². The summed E-state index contributed by atoms with van der Waals surface area (Å²) in [4.78, 5) is 0. The second-order valence-corrected chi connectivity index (χ2v) is 4.70. The van der Waals surface area contributed by atoms with Crippen molar-refractivity contribution in [1.29, 1.82) is 0 Å². The van der Waals surface area contributed by atoms with Crippen molar-refractivity contribution in [2.45, 2.75) is 57.9 Å². The molecule has 1 heteroatoms. The maximum absolute atomic E-state index is 3.61. The SMILES string of the molecule is CC1NCCC12CCCCCC2. The molecule has 1 saturated heterocycles. The number of rotatable bonds is 0. The Bertz CT molecular complexity index is 145. The monoisotopic (exact) mass is 167 g/mol. The van der Waals surface area contributed by atoms with Gasteiger partial charge in [-0.1, -0.05) is 25.7 Å². The van der Waals surface area contributed by atoms with Crippen LogP contribution in [0.3, 0.4) is 0 Å². The van der Waals surface area contributed by atoms with Crippen LogP contribution in [-0.2, 0) is 0 Å². The van der Waals surface area contributed by atoms with E-state index in [0.29, 0.717) is 5.41 Å². The fraction of sp³-hybridized carbons (Fsp3) is 1.00. The van der Waals surface area contributed by atoms with Crippen molar-refractivity contribution in [3.05, 3.63) is 0 Å². The van der Waals surface area contributed by atoms with Crippen molar-refractivity contribution in [3.8, 4) is 0 Å². The topological polar surface area (TPSA) is 12.0 Å². The standard InChI is InChI=1S/C11H21N/c1-10-11(8-9-12-10)6-4-2-3-5-7-11/h10,12H,2-9H2,1H3. The molecule has 1 unspecified atom stereocenters. The summed E-state index contributed by atoms with van der Waals surface area (Å²) in [7, 11) is 0. The lowest BCUT2D eigenvalue weighted by atomic mass is 9.75. The Morgan fingerprint density at radius 1 is 1.00 bits per heavy atom. The minimum atomic E-state index is 0.705. The highest BCUT2D eigenvalue weighted by molar-refractivity contribution is 4.95. The molecule has 0 aromatic heterocycles. The molecular formula is C11H21N. The van der Waals surface area contributed by atoms with Gasteiger partial charge in [-0.05, 0) is 38.1 Å². The normalized spacial score (nSPS) is 35.2. The fourth-order valence-electron chi connectivity index (χ4n) is 3.09.